The lowest BCUT2D eigenvalue weighted by Crippen LogP contribution is -2.47. The number of hydroxylamine groups is 2. The Kier molecular flexibility index (Phi) is 7.50. The Hall–Kier alpha value is -2.24. The molecule has 2 atom stereocenters. The van der Waals surface area contributed by atoms with Gasteiger partial charge in [-0.3, -0.25) is 10.0 Å². The normalized spacial score (nSPS) is 19.1. The Morgan fingerprint density at radius 3 is 2.65 bits per heavy atom. The van der Waals surface area contributed by atoms with E-state index in [9.17, 15) is 22.8 Å². The van der Waals surface area contributed by atoms with Crippen LogP contribution in [0.1, 0.15) is 12.0 Å². The van der Waals surface area contributed by atoms with Gasteiger partial charge in [0.15, 0.2) is 9.84 Å². The highest BCUT2D eigenvalue weighted by molar-refractivity contribution is 7.92. The zero-order valence-corrected chi connectivity index (χ0v) is 18.1. The van der Waals surface area contributed by atoms with E-state index in [1.807, 2.05) is 0 Å². The van der Waals surface area contributed by atoms with E-state index in [-0.39, 0.29) is 41.4 Å². The van der Waals surface area contributed by atoms with Gasteiger partial charge in [0.25, 0.3) is 5.91 Å². The van der Waals surface area contributed by atoms with Crippen LogP contribution in [0.4, 0.5) is 4.39 Å². The Morgan fingerprint density at radius 1 is 1.29 bits per heavy atom. The number of sulfone groups is 1. The number of rotatable bonds is 7. The monoisotopic (exact) mass is 473 g/mol. The minimum atomic E-state index is -3.91. The fourth-order valence-electron chi connectivity index (χ4n) is 3.25. The number of ether oxygens (including phenoxy) is 2. The molecule has 2 aromatic rings. The van der Waals surface area contributed by atoms with Crippen LogP contribution in [-0.4, -0.2) is 50.3 Å². The molecule has 0 aromatic heterocycles. The van der Waals surface area contributed by atoms with Gasteiger partial charge in [0.2, 0.25) is 0 Å². The van der Waals surface area contributed by atoms with Crippen molar-refractivity contribution in [1.29, 1.82) is 0 Å². The summed E-state index contributed by atoms with van der Waals surface area (Å²) in [6.07, 6.45) is 0.0949. The van der Waals surface area contributed by atoms with Crippen molar-refractivity contribution >= 4 is 27.3 Å². The van der Waals surface area contributed by atoms with Crippen molar-refractivity contribution in [3.05, 3.63) is 58.9 Å². The van der Waals surface area contributed by atoms with Gasteiger partial charge in [0.1, 0.15) is 18.2 Å². The topological polar surface area (TPSA) is 102 Å². The highest BCUT2D eigenvalue weighted by Crippen LogP contribution is 2.30. The Bertz CT molecular complexity index is 1030. The maximum atomic E-state index is 13.1. The average molecular weight is 474 g/mol. The minimum absolute atomic E-state index is 0.00581. The van der Waals surface area contributed by atoms with Gasteiger partial charge in [0.05, 0.1) is 34.8 Å². The molecule has 1 N–H and O–H groups in total. The van der Waals surface area contributed by atoms with Crippen LogP contribution < -0.4 is 4.74 Å². The van der Waals surface area contributed by atoms with Crippen molar-refractivity contribution in [3.8, 4) is 5.75 Å². The van der Waals surface area contributed by atoms with Crippen LogP contribution in [0, 0.1) is 11.7 Å². The third-order valence-electron chi connectivity index (χ3n) is 4.93. The van der Waals surface area contributed by atoms with Gasteiger partial charge < -0.3 is 9.47 Å². The molecule has 31 heavy (non-hydrogen) atoms. The summed E-state index contributed by atoms with van der Waals surface area (Å²) in [4.78, 5) is 16.8. The molecule has 2 unspecified atom stereocenters. The maximum Gasteiger partial charge on any atom is 0.279 e. The average Bonchev–Trinajstić information content (AvgIpc) is 2.77. The SMILES string of the molecule is CON(O)C(=O)C1COCCC1S(=O)(=O)c1ccc(OCc2ccc(F)cc2Cl)cc1. The molecule has 1 aliphatic heterocycles. The molecule has 0 saturated carbocycles. The molecule has 3 rings (SSSR count). The standard InChI is InChI=1S/C20H21ClFNO7S/c1-28-23(25)20(24)17-12-29-9-8-19(17)31(26,27)16-6-4-15(5-7-16)30-11-13-2-3-14(22)10-18(13)21/h2-7,10,17,19,25H,8-9,11-12H2,1H3. The molecule has 168 valence electrons. The van der Waals surface area contributed by atoms with E-state index in [0.29, 0.717) is 11.3 Å². The first-order valence-corrected chi connectivity index (χ1v) is 11.2. The summed E-state index contributed by atoms with van der Waals surface area (Å²) in [7, 11) is -2.82. The molecule has 1 fully saturated rings. The fraction of sp³-hybridized carbons (Fsp3) is 0.350. The van der Waals surface area contributed by atoms with Crippen molar-refractivity contribution in [3.63, 3.8) is 0 Å². The van der Waals surface area contributed by atoms with E-state index in [1.54, 1.807) is 0 Å². The summed E-state index contributed by atoms with van der Waals surface area (Å²) < 4.78 is 50.2. The van der Waals surface area contributed by atoms with Gasteiger partial charge in [-0.15, -0.1) is 0 Å². The van der Waals surface area contributed by atoms with Gasteiger partial charge in [0, 0.05) is 12.2 Å². The van der Waals surface area contributed by atoms with E-state index < -0.39 is 32.7 Å². The van der Waals surface area contributed by atoms with Gasteiger partial charge in [-0.25, -0.2) is 17.6 Å². The predicted octanol–water partition coefficient (Wildman–Crippen LogP) is 3.02. The Balaban J connectivity index is 1.74. The van der Waals surface area contributed by atoms with Crippen molar-refractivity contribution in [1.82, 2.24) is 5.23 Å². The summed E-state index contributed by atoms with van der Waals surface area (Å²) in [5, 5.41) is 8.68. The van der Waals surface area contributed by atoms with E-state index in [2.05, 4.69) is 4.84 Å². The number of carbonyl (C=O) groups is 1. The quantitative estimate of drug-likeness (QED) is 0.487. The second-order valence-electron chi connectivity index (χ2n) is 6.84. The van der Waals surface area contributed by atoms with Crippen LogP contribution in [-0.2, 0) is 30.8 Å². The smallest absolute Gasteiger partial charge is 0.279 e. The molecule has 0 bridgehead atoms. The number of nitrogens with zero attached hydrogens (tertiary/aromatic N) is 1. The first-order chi connectivity index (χ1) is 14.7. The first kappa shape index (κ1) is 23.4. The van der Waals surface area contributed by atoms with Crippen LogP contribution in [0.2, 0.25) is 5.02 Å². The molecule has 0 radical (unpaired) electrons. The lowest BCUT2D eigenvalue weighted by molar-refractivity contribution is -0.305. The lowest BCUT2D eigenvalue weighted by Gasteiger charge is -2.31. The lowest BCUT2D eigenvalue weighted by atomic mass is 10.0. The number of benzene rings is 2. The number of halogens is 2. The van der Waals surface area contributed by atoms with Crippen LogP contribution in [0.15, 0.2) is 47.4 Å². The van der Waals surface area contributed by atoms with Gasteiger partial charge >= 0.3 is 0 Å². The zero-order valence-electron chi connectivity index (χ0n) is 16.5. The van der Waals surface area contributed by atoms with Crippen molar-refractivity contribution in [2.75, 3.05) is 20.3 Å². The Morgan fingerprint density at radius 2 is 2.00 bits per heavy atom. The maximum absolute atomic E-state index is 13.1. The molecular formula is C20H21ClFNO7S. The summed E-state index contributed by atoms with van der Waals surface area (Å²) in [5.74, 6) is -2.07. The van der Waals surface area contributed by atoms with Crippen LogP contribution in [0.5, 0.6) is 5.75 Å². The van der Waals surface area contributed by atoms with Crippen LogP contribution in [0.3, 0.4) is 0 Å². The Labute approximate surface area is 183 Å². The van der Waals surface area contributed by atoms with Crippen molar-refractivity contribution in [2.24, 2.45) is 5.92 Å². The van der Waals surface area contributed by atoms with Crippen LogP contribution >= 0.6 is 11.6 Å². The number of amides is 1. The molecule has 2 aromatic carbocycles. The van der Waals surface area contributed by atoms with Gasteiger partial charge in [-0.05, 0) is 42.8 Å². The number of carbonyl (C=O) groups excluding carboxylic acids is 1. The first-order valence-electron chi connectivity index (χ1n) is 9.29. The summed E-state index contributed by atoms with van der Waals surface area (Å²) in [5.41, 5.74) is 0.579. The molecule has 0 aliphatic carbocycles. The van der Waals surface area contributed by atoms with Gasteiger partial charge in [-0.2, -0.15) is 0 Å². The number of hydrogen-bond donors (Lipinski definition) is 1. The number of hydrogen-bond acceptors (Lipinski definition) is 7. The highest BCUT2D eigenvalue weighted by Gasteiger charge is 2.43. The molecule has 8 nitrogen and oxygen atoms in total. The largest absolute Gasteiger partial charge is 0.489 e. The molecule has 1 heterocycles. The molecule has 1 amide bonds. The predicted molar refractivity (Wildman–Crippen MR) is 108 cm³/mol. The van der Waals surface area contributed by atoms with E-state index in [4.69, 9.17) is 21.1 Å². The van der Waals surface area contributed by atoms with E-state index in [0.717, 1.165) is 7.11 Å². The molecular weight excluding hydrogens is 453 g/mol. The van der Waals surface area contributed by atoms with Crippen molar-refractivity contribution in [2.45, 2.75) is 23.2 Å². The fourth-order valence-corrected chi connectivity index (χ4v) is 5.37. The van der Waals surface area contributed by atoms with E-state index >= 15 is 0 Å². The zero-order chi connectivity index (χ0) is 22.6. The highest BCUT2D eigenvalue weighted by atomic mass is 35.5. The summed E-state index contributed by atoms with van der Waals surface area (Å²) >= 11 is 5.97. The molecule has 1 saturated heterocycles. The summed E-state index contributed by atoms with van der Waals surface area (Å²) in [6, 6.07) is 9.66. The molecule has 0 spiro atoms. The van der Waals surface area contributed by atoms with Crippen molar-refractivity contribution < 1.29 is 37.1 Å². The second kappa shape index (κ2) is 9.92. The molecule has 11 heteroatoms. The third kappa shape index (κ3) is 5.34. The molecule has 1 aliphatic rings. The van der Waals surface area contributed by atoms with Gasteiger partial charge in [-0.1, -0.05) is 22.9 Å². The second-order valence-corrected chi connectivity index (χ2v) is 9.42. The van der Waals surface area contributed by atoms with E-state index in [1.165, 1.54) is 42.5 Å². The van der Waals surface area contributed by atoms with Crippen LogP contribution in [0.25, 0.3) is 0 Å². The minimum Gasteiger partial charge on any atom is -0.489 e. The summed E-state index contributed by atoms with van der Waals surface area (Å²) in [6.45, 7) is 0.0968. The third-order valence-corrected chi connectivity index (χ3v) is 7.57.